The molecule has 1 aromatic rings. The molecule has 0 spiro atoms. The lowest BCUT2D eigenvalue weighted by atomic mass is 9.88. The van der Waals surface area contributed by atoms with Crippen LogP contribution in [0.15, 0.2) is 24.3 Å². The van der Waals surface area contributed by atoms with E-state index in [1.807, 2.05) is 0 Å². The lowest BCUT2D eigenvalue weighted by Gasteiger charge is -2.24. The molecule has 1 aromatic carbocycles. The first-order valence-corrected chi connectivity index (χ1v) is 6.49. The Kier molecular flexibility index (Phi) is 5.92. The van der Waals surface area contributed by atoms with E-state index >= 15 is 0 Å². The number of hydrogen-bond acceptors (Lipinski definition) is 4. The van der Waals surface area contributed by atoms with E-state index in [1.54, 1.807) is 12.1 Å². The van der Waals surface area contributed by atoms with Crippen molar-refractivity contribution in [3.63, 3.8) is 0 Å². The second kappa shape index (κ2) is 7.21. The van der Waals surface area contributed by atoms with Crippen molar-refractivity contribution < 1.29 is 10.0 Å². The molecule has 0 fully saturated rings. The predicted octanol–water partition coefficient (Wildman–Crippen LogP) is 2.48. The van der Waals surface area contributed by atoms with Crippen molar-refractivity contribution in [2.75, 3.05) is 13.2 Å². The van der Waals surface area contributed by atoms with Crippen molar-refractivity contribution in [3.05, 3.63) is 39.9 Å². The minimum absolute atomic E-state index is 0.118. The Hall–Kier alpha value is -1.46. The molecule has 2 N–H and O–H groups in total. The highest BCUT2D eigenvalue weighted by molar-refractivity contribution is 5.32. The van der Waals surface area contributed by atoms with Gasteiger partial charge in [0, 0.05) is 31.8 Å². The van der Waals surface area contributed by atoms with Gasteiger partial charge in [0.05, 0.1) is 4.92 Å². The van der Waals surface area contributed by atoms with Gasteiger partial charge in [0.1, 0.15) is 0 Å². The number of aliphatic hydroxyl groups is 1. The van der Waals surface area contributed by atoms with Gasteiger partial charge in [-0.15, -0.1) is 0 Å². The minimum Gasteiger partial charge on any atom is -0.396 e. The maximum atomic E-state index is 10.5. The van der Waals surface area contributed by atoms with Crippen LogP contribution in [0.2, 0.25) is 0 Å². The molecule has 5 heteroatoms. The highest BCUT2D eigenvalue weighted by atomic mass is 16.6. The van der Waals surface area contributed by atoms with Crippen LogP contribution in [-0.2, 0) is 6.54 Å². The number of nitro groups is 1. The number of nitrogens with zero attached hydrogens (tertiary/aromatic N) is 1. The van der Waals surface area contributed by atoms with Crippen LogP contribution in [0.4, 0.5) is 5.69 Å². The van der Waals surface area contributed by atoms with E-state index in [0.29, 0.717) is 6.54 Å². The molecule has 0 saturated heterocycles. The Morgan fingerprint density at radius 1 is 1.32 bits per heavy atom. The van der Waals surface area contributed by atoms with Crippen LogP contribution in [0.1, 0.15) is 32.3 Å². The van der Waals surface area contributed by atoms with Crippen LogP contribution < -0.4 is 5.32 Å². The van der Waals surface area contributed by atoms with Crippen molar-refractivity contribution in [1.29, 1.82) is 0 Å². The molecular weight excluding hydrogens is 244 g/mol. The Labute approximate surface area is 113 Å². The number of hydrogen-bond donors (Lipinski definition) is 2. The Bertz CT molecular complexity index is 402. The molecule has 0 aliphatic carbocycles. The summed E-state index contributed by atoms with van der Waals surface area (Å²) in [6, 6.07) is 6.58. The van der Waals surface area contributed by atoms with Crippen molar-refractivity contribution in [3.8, 4) is 0 Å². The minimum atomic E-state index is -0.394. The maximum absolute atomic E-state index is 10.5. The van der Waals surface area contributed by atoms with E-state index in [1.165, 1.54) is 12.1 Å². The van der Waals surface area contributed by atoms with E-state index in [4.69, 9.17) is 5.11 Å². The van der Waals surface area contributed by atoms with Crippen molar-refractivity contribution in [2.24, 2.45) is 5.41 Å². The van der Waals surface area contributed by atoms with Crippen LogP contribution in [-0.4, -0.2) is 23.2 Å². The SMILES string of the molecule is CC(C)(CCCO)CNCc1ccc([N+](=O)[O-])cc1. The molecule has 0 amide bonds. The van der Waals surface area contributed by atoms with E-state index in [-0.39, 0.29) is 17.7 Å². The van der Waals surface area contributed by atoms with Crippen molar-refractivity contribution >= 4 is 5.69 Å². The van der Waals surface area contributed by atoms with Crippen LogP contribution in [0, 0.1) is 15.5 Å². The average molecular weight is 266 g/mol. The van der Waals surface area contributed by atoms with Gasteiger partial charge in [-0.1, -0.05) is 26.0 Å². The number of benzene rings is 1. The standard InChI is InChI=1S/C14H22N2O3/c1-14(2,8-3-9-17)11-15-10-12-4-6-13(7-5-12)16(18)19/h4-7,15,17H,3,8-11H2,1-2H3. The first-order chi connectivity index (χ1) is 8.94. The zero-order chi connectivity index (χ0) is 14.3. The van der Waals surface area contributed by atoms with Gasteiger partial charge in [0.25, 0.3) is 5.69 Å². The predicted molar refractivity (Wildman–Crippen MR) is 74.9 cm³/mol. The average Bonchev–Trinajstić information content (AvgIpc) is 2.37. The number of nitro benzene ring substituents is 1. The maximum Gasteiger partial charge on any atom is 0.269 e. The molecule has 5 nitrogen and oxygen atoms in total. The molecule has 0 unspecified atom stereocenters. The van der Waals surface area contributed by atoms with Gasteiger partial charge in [-0.2, -0.15) is 0 Å². The number of rotatable bonds is 8. The summed E-state index contributed by atoms with van der Waals surface area (Å²) in [5.41, 5.74) is 1.29. The fraction of sp³-hybridized carbons (Fsp3) is 0.571. The van der Waals surface area contributed by atoms with Gasteiger partial charge in [-0.25, -0.2) is 0 Å². The summed E-state index contributed by atoms with van der Waals surface area (Å²) in [6.07, 6.45) is 1.78. The summed E-state index contributed by atoms with van der Waals surface area (Å²) in [5.74, 6) is 0. The number of non-ortho nitro benzene ring substituents is 1. The highest BCUT2D eigenvalue weighted by Gasteiger charge is 2.16. The van der Waals surface area contributed by atoms with Crippen molar-refractivity contribution in [2.45, 2.75) is 33.2 Å². The Morgan fingerprint density at radius 3 is 2.47 bits per heavy atom. The molecular formula is C14H22N2O3. The smallest absolute Gasteiger partial charge is 0.269 e. The Morgan fingerprint density at radius 2 is 1.95 bits per heavy atom. The van der Waals surface area contributed by atoms with E-state index < -0.39 is 4.92 Å². The molecule has 106 valence electrons. The van der Waals surface area contributed by atoms with Crippen LogP contribution in [0.3, 0.4) is 0 Å². The molecule has 0 atom stereocenters. The molecule has 0 radical (unpaired) electrons. The zero-order valence-corrected chi connectivity index (χ0v) is 11.6. The van der Waals surface area contributed by atoms with Gasteiger partial charge in [0.2, 0.25) is 0 Å². The summed E-state index contributed by atoms with van der Waals surface area (Å²) in [7, 11) is 0. The summed E-state index contributed by atoms with van der Waals surface area (Å²) in [4.78, 5) is 10.1. The largest absolute Gasteiger partial charge is 0.396 e. The summed E-state index contributed by atoms with van der Waals surface area (Å²) < 4.78 is 0. The third-order valence-electron chi connectivity index (χ3n) is 3.09. The van der Waals surface area contributed by atoms with E-state index in [9.17, 15) is 10.1 Å². The summed E-state index contributed by atoms with van der Waals surface area (Å²) in [5, 5.41) is 22.7. The number of nitrogens with one attached hydrogen (secondary N) is 1. The second-order valence-electron chi connectivity index (χ2n) is 5.52. The fourth-order valence-corrected chi connectivity index (χ4v) is 1.93. The van der Waals surface area contributed by atoms with Crippen LogP contribution in [0.5, 0.6) is 0 Å². The highest BCUT2D eigenvalue weighted by Crippen LogP contribution is 2.21. The van der Waals surface area contributed by atoms with Crippen LogP contribution >= 0.6 is 0 Å². The third-order valence-corrected chi connectivity index (χ3v) is 3.09. The first kappa shape index (κ1) is 15.6. The quantitative estimate of drug-likeness (QED) is 0.560. The molecule has 0 aromatic heterocycles. The first-order valence-electron chi connectivity index (χ1n) is 6.49. The van der Waals surface area contributed by atoms with Gasteiger partial charge in [-0.3, -0.25) is 10.1 Å². The summed E-state index contributed by atoms with van der Waals surface area (Å²) >= 11 is 0. The van der Waals surface area contributed by atoms with E-state index in [2.05, 4.69) is 19.2 Å². The lowest BCUT2D eigenvalue weighted by Crippen LogP contribution is -2.29. The second-order valence-corrected chi connectivity index (χ2v) is 5.52. The monoisotopic (exact) mass is 266 g/mol. The molecule has 0 heterocycles. The molecule has 1 rings (SSSR count). The van der Waals surface area contributed by atoms with E-state index in [0.717, 1.165) is 24.9 Å². The molecule has 0 aliphatic rings. The van der Waals surface area contributed by atoms with Crippen LogP contribution in [0.25, 0.3) is 0 Å². The Balaban J connectivity index is 2.38. The summed E-state index contributed by atoms with van der Waals surface area (Å²) in [6.45, 7) is 6.09. The normalized spacial score (nSPS) is 11.5. The van der Waals surface area contributed by atoms with Crippen molar-refractivity contribution in [1.82, 2.24) is 5.32 Å². The fourth-order valence-electron chi connectivity index (χ4n) is 1.93. The molecule has 0 saturated carbocycles. The molecule has 0 bridgehead atoms. The zero-order valence-electron chi connectivity index (χ0n) is 11.6. The topological polar surface area (TPSA) is 75.4 Å². The van der Waals surface area contributed by atoms with Gasteiger partial charge < -0.3 is 10.4 Å². The third kappa shape index (κ3) is 5.81. The van der Waals surface area contributed by atoms with Gasteiger partial charge in [-0.05, 0) is 23.8 Å². The lowest BCUT2D eigenvalue weighted by molar-refractivity contribution is -0.384. The van der Waals surface area contributed by atoms with Gasteiger partial charge in [0.15, 0.2) is 0 Å². The van der Waals surface area contributed by atoms with Gasteiger partial charge >= 0.3 is 0 Å². The molecule has 19 heavy (non-hydrogen) atoms. The molecule has 0 aliphatic heterocycles. The number of aliphatic hydroxyl groups excluding tert-OH is 1.